The number of rotatable bonds is 10. The van der Waals surface area contributed by atoms with Crippen molar-refractivity contribution in [3.8, 4) is 0 Å². The van der Waals surface area contributed by atoms with Gasteiger partial charge in [0.2, 0.25) is 0 Å². The normalized spacial score (nSPS) is 15.5. The molecule has 1 aliphatic heterocycles. The lowest BCUT2D eigenvalue weighted by atomic mass is 10.1. The molecular weight excluding hydrogens is 440 g/mol. The van der Waals surface area contributed by atoms with Crippen molar-refractivity contribution in [2.24, 2.45) is 5.92 Å². The molecule has 2 aromatic rings. The predicted molar refractivity (Wildman–Crippen MR) is 138 cm³/mol. The topological polar surface area (TPSA) is 66.7 Å². The Morgan fingerprint density at radius 2 is 1.97 bits per heavy atom. The molecule has 1 amide bonds. The van der Waals surface area contributed by atoms with Crippen LogP contribution in [0.5, 0.6) is 0 Å². The van der Waals surface area contributed by atoms with Crippen molar-refractivity contribution in [1.29, 1.82) is 0 Å². The molecule has 6 nitrogen and oxygen atoms in total. The fourth-order valence-corrected chi connectivity index (χ4v) is 4.87. The number of carbonyl (C=O) groups is 1. The Morgan fingerprint density at radius 1 is 1.22 bits per heavy atom. The molecule has 32 heavy (non-hydrogen) atoms. The second kappa shape index (κ2) is 11.1. The van der Waals surface area contributed by atoms with Gasteiger partial charge < -0.3 is 5.32 Å². The quantitative estimate of drug-likeness (QED) is 0.290. The number of carbonyl (C=O) groups excluding carboxylic acids is 1. The Morgan fingerprint density at radius 3 is 2.69 bits per heavy atom. The molecule has 1 saturated heterocycles. The number of hydrogen-bond acceptors (Lipinski definition) is 6. The van der Waals surface area contributed by atoms with E-state index in [9.17, 15) is 9.59 Å². The highest BCUT2D eigenvalue weighted by Gasteiger charge is 2.32. The van der Waals surface area contributed by atoms with E-state index in [1.165, 1.54) is 35.4 Å². The fraction of sp³-hybridized carbons (Fsp3) is 0.500. The van der Waals surface area contributed by atoms with Crippen LogP contribution in [0.4, 0.5) is 5.82 Å². The van der Waals surface area contributed by atoms with Crippen molar-refractivity contribution in [3.05, 3.63) is 44.7 Å². The molecule has 0 bridgehead atoms. The number of hydrogen-bond donors (Lipinski definition) is 1. The summed E-state index contributed by atoms with van der Waals surface area (Å²) in [6.45, 7) is 9.60. The monoisotopic (exact) mass is 472 g/mol. The SMILES string of the molecule is CCCCCCCN1C(=O)/C(=C/c2c(NCC(C)C)nc3c(C)cccn3c2=O)SC1=S. The summed E-state index contributed by atoms with van der Waals surface area (Å²) in [5.41, 5.74) is 1.71. The molecule has 3 rings (SSSR count). The summed E-state index contributed by atoms with van der Waals surface area (Å²) in [4.78, 5) is 33.3. The number of aromatic nitrogens is 2. The Balaban J connectivity index is 1.93. The van der Waals surface area contributed by atoms with Gasteiger partial charge in [-0.3, -0.25) is 18.9 Å². The number of fused-ring (bicyclic) bond motifs is 1. The van der Waals surface area contributed by atoms with Crippen LogP contribution >= 0.6 is 24.0 Å². The van der Waals surface area contributed by atoms with E-state index in [4.69, 9.17) is 17.2 Å². The lowest BCUT2D eigenvalue weighted by Crippen LogP contribution is -2.29. The minimum atomic E-state index is -0.199. The van der Waals surface area contributed by atoms with Crippen LogP contribution in [0, 0.1) is 12.8 Å². The summed E-state index contributed by atoms with van der Waals surface area (Å²) >= 11 is 6.73. The number of aryl methyl sites for hydroxylation is 1. The van der Waals surface area contributed by atoms with Gasteiger partial charge in [0.05, 0.1) is 10.5 Å². The van der Waals surface area contributed by atoms with Gasteiger partial charge in [0.15, 0.2) is 0 Å². The highest BCUT2D eigenvalue weighted by Crippen LogP contribution is 2.33. The van der Waals surface area contributed by atoms with Crippen LogP contribution in [0.2, 0.25) is 0 Å². The number of nitrogens with one attached hydrogen (secondary N) is 1. The second-order valence-corrected chi connectivity index (χ2v) is 10.3. The Bertz CT molecular complexity index is 1090. The number of amides is 1. The van der Waals surface area contributed by atoms with E-state index in [0.29, 0.717) is 45.3 Å². The van der Waals surface area contributed by atoms with E-state index >= 15 is 0 Å². The first-order valence-electron chi connectivity index (χ1n) is 11.3. The van der Waals surface area contributed by atoms with Gasteiger partial charge >= 0.3 is 0 Å². The first-order valence-corrected chi connectivity index (χ1v) is 12.6. The Hall–Kier alpha value is -2.19. The van der Waals surface area contributed by atoms with Gasteiger partial charge in [-0.2, -0.15) is 0 Å². The zero-order valence-electron chi connectivity index (χ0n) is 19.3. The van der Waals surface area contributed by atoms with Crippen LogP contribution in [-0.4, -0.2) is 37.6 Å². The molecule has 0 unspecified atom stereocenters. The van der Waals surface area contributed by atoms with Gasteiger partial charge in [0, 0.05) is 19.3 Å². The summed E-state index contributed by atoms with van der Waals surface area (Å²) < 4.78 is 2.09. The molecule has 0 atom stereocenters. The van der Waals surface area contributed by atoms with Gasteiger partial charge in [0.1, 0.15) is 15.8 Å². The summed E-state index contributed by atoms with van der Waals surface area (Å²) in [5.74, 6) is 0.757. The number of pyridine rings is 1. The van der Waals surface area contributed by atoms with Gasteiger partial charge in [-0.05, 0) is 37.0 Å². The summed E-state index contributed by atoms with van der Waals surface area (Å²) in [6.07, 6.45) is 8.95. The third-order valence-corrected chi connectivity index (χ3v) is 6.77. The molecule has 0 saturated carbocycles. The largest absolute Gasteiger partial charge is 0.369 e. The van der Waals surface area contributed by atoms with Crippen molar-refractivity contribution in [1.82, 2.24) is 14.3 Å². The number of thiocarbonyl (C=S) groups is 1. The first-order chi connectivity index (χ1) is 15.3. The molecule has 0 aromatic carbocycles. The minimum absolute atomic E-state index is 0.126. The maximum atomic E-state index is 13.3. The highest BCUT2D eigenvalue weighted by atomic mass is 32.2. The maximum absolute atomic E-state index is 13.3. The maximum Gasteiger partial charge on any atom is 0.267 e. The van der Waals surface area contributed by atoms with E-state index < -0.39 is 0 Å². The van der Waals surface area contributed by atoms with Gasteiger partial charge in [-0.15, -0.1) is 0 Å². The smallest absolute Gasteiger partial charge is 0.267 e. The third kappa shape index (κ3) is 5.59. The molecule has 8 heteroatoms. The lowest BCUT2D eigenvalue weighted by molar-refractivity contribution is -0.122. The summed E-state index contributed by atoms with van der Waals surface area (Å²) in [6, 6.07) is 3.76. The molecule has 3 heterocycles. The van der Waals surface area contributed by atoms with Gasteiger partial charge in [0.25, 0.3) is 11.5 Å². The van der Waals surface area contributed by atoms with Crippen molar-refractivity contribution in [2.75, 3.05) is 18.4 Å². The number of nitrogens with zero attached hydrogens (tertiary/aromatic N) is 3. The zero-order chi connectivity index (χ0) is 23.3. The van der Waals surface area contributed by atoms with Crippen LogP contribution < -0.4 is 10.9 Å². The summed E-state index contributed by atoms with van der Waals surface area (Å²) in [5, 5.41) is 3.30. The Labute approximate surface area is 199 Å². The first kappa shape index (κ1) is 24.5. The third-order valence-electron chi connectivity index (χ3n) is 5.40. The van der Waals surface area contributed by atoms with Gasteiger partial charge in [-0.25, -0.2) is 4.98 Å². The number of anilines is 1. The van der Waals surface area contributed by atoms with Crippen molar-refractivity contribution < 1.29 is 4.79 Å². The van der Waals surface area contributed by atoms with Crippen molar-refractivity contribution in [3.63, 3.8) is 0 Å². The molecule has 2 aromatic heterocycles. The van der Waals surface area contributed by atoms with Crippen molar-refractivity contribution in [2.45, 2.75) is 59.8 Å². The second-order valence-electron chi connectivity index (χ2n) is 8.59. The van der Waals surface area contributed by atoms with E-state index in [1.54, 1.807) is 17.2 Å². The molecule has 172 valence electrons. The van der Waals surface area contributed by atoms with Crippen molar-refractivity contribution >= 4 is 51.7 Å². The Kier molecular flexibility index (Phi) is 8.48. The zero-order valence-corrected chi connectivity index (χ0v) is 20.9. The predicted octanol–water partition coefficient (Wildman–Crippen LogP) is 5.24. The van der Waals surface area contributed by atoms with Gasteiger partial charge in [-0.1, -0.05) is 76.5 Å². The fourth-order valence-electron chi connectivity index (χ4n) is 3.57. The average molecular weight is 473 g/mol. The van der Waals surface area contributed by atoms with Crippen LogP contribution in [-0.2, 0) is 4.79 Å². The minimum Gasteiger partial charge on any atom is -0.369 e. The lowest BCUT2D eigenvalue weighted by Gasteiger charge is -2.14. The molecule has 1 N–H and O–H groups in total. The van der Waals surface area contributed by atoms with E-state index in [2.05, 4.69) is 26.1 Å². The van der Waals surface area contributed by atoms with E-state index in [-0.39, 0.29) is 11.5 Å². The van der Waals surface area contributed by atoms with Crippen LogP contribution in [0.15, 0.2) is 28.0 Å². The molecule has 1 fully saturated rings. The van der Waals surface area contributed by atoms with Crippen LogP contribution in [0.25, 0.3) is 11.7 Å². The van der Waals surface area contributed by atoms with Crippen LogP contribution in [0.1, 0.15) is 64.0 Å². The average Bonchev–Trinajstić information content (AvgIpc) is 3.02. The highest BCUT2D eigenvalue weighted by molar-refractivity contribution is 8.26. The van der Waals surface area contributed by atoms with E-state index in [0.717, 1.165) is 18.4 Å². The molecule has 0 radical (unpaired) electrons. The number of thioether (sulfide) groups is 1. The molecule has 1 aliphatic rings. The molecular formula is C24H32N4O2S2. The van der Waals surface area contributed by atoms with Crippen LogP contribution in [0.3, 0.4) is 0 Å². The van der Waals surface area contributed by atoms with E-state index in [1.807, 2.05) is 19.1 Å². The summed E-state index contributed by atoms with van der Waals surface area (Å²) in [7, 11) is 0. The molecule has 0 aliphatic carbocycles. The number of unbranched alkanes of at least 4 members (excludes halogenated alkanes) is 4. The standard InChI is InChI=1S/C24H32N4O2S2/c1-5-6-7-8-9-12-28-23(30)19(32-24(28)31)14-18-20(25-15-16(2)3)26-21-17(4)11-10-13-27(21)22(18)29/h10-11,13-14,16,25H,5-9,12,15H2,1-4H3/b19-14-. The molecule has 0 spiro atoms.